The van der Waals surface area contributed by atoms with Crippen LogP contribution in [0.1, 0.15) is 39.7 Å². The van der Waals surface area contributed by atoms with Gasteiger partial charge in [-0.15, -0.1) is 0 Å². The second-order valence-electron chi connectivity index (χ2n) is 6.57. The van der Waals surface area contributed by atoms with Crippen LogP contribution in [-0.2, 0) is 4.74 Å². The summed E-state index contributed by atoms with van der Waals surface area (Å²) in [4.78, 5) is 0. The standard InChI is InChI=1S/C18H13N3O.C4H11N/c1-18(2)16(9-8-13-6-4-3-5-7-13)15(12-21)17(22-18)14(10-19)11-20;1-3-4(2)5/h3-9H,1-2H3;4H,3,5H2,1-2H3. The number of benzene rings is 1. The molecule has 5 heteroatoms. The Morgan fingerprint density at radius 2 is 1.70 bits per heavy atom. The third-order valence-electron chi connectivity index (χ3n) is 3.95. The predicted octanol–water partition coefficient (Wildman–Crippen LogP) is 4.37. The first kappa shape index (κ1) is 21.7. The van der Waals surface area contributed by atoms with E-state index in [9.17, 15) is 5.26 Å². The lowest BCUT2D eigenvalue weighted by Gasteiger charge is -2.20. The topological polar surface area (TPSA) is 107 Å². The lowest BCUT2D eigenvalue weighted by atomic mass is 9.94. The van der Waals surface area contributed by atoms with Crippen LogP contribution in [-0.4, -0.2) is 11.6 Å². The van der Waals surface area contributed by atoms with Crippen LogP contribution >= 0.6 is 0 Å². The van der Waals surface area contributed by atoms with Crippen molar-refractivity contribution in [2.75, 3.05) is 0 Å². The number of ether oxygens (including phenoxy) is 1. The molecule has 0 spiro atoms. The lowest BCUT2D eigenvalue weighted by molar-refractivity contribution is 0.0954. The van der Waals surface area contributed by atoms with E-state index in [1.807, 2.05) is 49.4 Å². The number of rotatable bonds is 3. The fourth-order valence-electron chi connectivity index (χ4n) is 2.23. The minimum Gasteiger partial charge on any atom is -0.480 e. The maximum atomic E-state index is 9.40. The highest BCUT2D eigenvalue weighted by Gasteiger charge is 2.38. The summed E-state index contributed by atoms with van der Waals surface area (Å²) in [6, 6.07) is 15.6. The molecule has 0 bridgehead atoms. The third kappa shape index (κ3) is 5.86. The maximum absolute atomic E-state index is 9.40. The van der Waals surface area contributed by atoms with Gasteiger partial charge in [-0.25, -0.2) is 0 Å². The van der Waals surface area contributed by atoms with E-state index in [0.717, 1.165) is 12.0 Å². The van der Waals surface area contributed by atoms with E-state index >= 15 is 0 Å². The zero-order valence-electron chi connectivity index (χ0n) is 16.2. The zero-order chi connectivity index (χ0) is 20.4. The van der Waals surface area contributed by atoms with E-state index < -0.39 is 5.60 Å². The molecule has 0 saturated carbocycles. The van der Waals surface area contributed by atoms with Crippen molar-refractivity contribution < 1.29 is 4.74 Å². The monoisotopic (exact) mass is 360 g/mol. The van der Waals surface area contributed by atoms with Crippen LogP contribution in [0.2, 0.25) is 0 Å². The van der Waals surface area contributed by atoms with Crippen LogP contribution in [0, 0.1) is 34.0 Å². The molecule has 27 heavy (non-hydrogen) atoms. The number of allylic oxidation sites excluding steroid dienone is 2. The summed E-state index contributed by atoms with van der Waals surface area (Å²) < 4.78 is 5.68. The number of nitrogens with zero attached hydrogens (tertiary/aromatic N) is 3. The van der Waals surface area contributed by atoms with E-state index in [0.29, 0.717) is 11.6 Å². The van der Waals surface area contributed by atoms with E-state index in [2.05, 4.69) is 6.92 Å². The highest BCUT2D eigenvalue weighted by atomic mass is 16.5. The molecule has 0 aliphatic carbocycles. The first-order chi connectivity index (χ1) is 12.8. The Hall–Kier alpha value is -3.33. The van der Waals surface area contributed by atoms with E-state index in [-0.39, 0.29) is 16.9 Å². The molecule has 1 aliphatic heterocycles. The summed E-state index contributed by atoms with van der Waals surface area (Å²) in [6.07, 6.45) is 4.76. The van der Waals surface area contributed by atoms with Gasteiger partial charge >= 0.3 is 0 Å². The Morgan fingerprint density at radius 3 is 2.15 bits per heavy atom. The quantitative estimate of drug-likeness (QED) is 0.805. The van der Waals surface area contributed by atoms with Gasteiger partial charge in [-0.2, -0.15) is 15.8 Å². The molecular weight excluding hydrogens is 336 g/mol. The fraction of sp³-hybridized carbons (Fsp3) is 0.318. The van der Waals surface area contributed by atoms with Crippen molar-refractivity contribution in [2.24, 2.45) is 5.73 Å². The summed E-state index contributed by atoms with van der Waals surface area (Å²) in [6.45, 7) is 7.67. The van der Waals surface area contributed by atoms with Crippen molar-refractivity contribution in [3.8, 4) is 18.2 Å². The Labute approximate surface area is 161 Å². The Balaban J connectivity index is 0.000000646. The molecule has 1 aliphatic rings. The smallest absolute Gasteiger partial charge is 0.172 e. The number of hydrogen-bond donors (Lipinski definition) is 1. The number of nitriles is 3. The molecule has 0 amide bonds. The van der Waals surface area contributed by atoms with Gasteiger partial charge in [-0.1, -0.05) is 49.4 Å². The average Bonchev–Trinajstić information content (AvgIpc) is 2.92. The van der Waals surface area contributed by atoms with Gasteiger partial charge in [-0.05, 0) is 32.8 Å². The first-order valence-electron chi connectivity index (χ1n) is 8.68. The van der Waals surface area contributed by atoms with Gasteiger partial charge < -0.3 is 10.5 Å². The Morgan fingerprint density at radius 1 is 1.15 bits per heavy atom. The molecule has 1 unspecified atom stereocenters. The Bertz CT molecular complexity index is 854. The van der Waals surface area contributed by atoms with Crippen LogP contribution in [0.25, 0.3) is 6.08 Å². The van der Waals surface area contributed by atoms with E-state index in [1.165, 1.54) is 0 Å². The largest absolute Gasteiger partial charge is 0.480 e. The zero-order valence-corrected chi connectivity index (χ0v) is 16.2. The summed E-state index contributed by atoms with van der Waals surface area (Å²) >= 11 is 0. The highest BCUT2D eigenvalue weighted by Crippen LogP contribution is 2.40. The van der Waals surface area contributed by atoms with Gasteiger partial charge in [0.05, 0.1) is 0 Å². The van der Waals surface area contributed by atoms with Gasteiger partial charge in [0.25, 0.3) is 0 Å². The second kappa shape index (κ2) is 9.97. The van der Waals surface area contributed by atoms with Crippen molar-refractivity contribution in [1.82, 2.24) is 0 Å². The van der Waals surface area contributed by atoms with E-state index in [1.54, 1.807) is 32.1 Å². The highest BCUT2D eigenvalue weighted by molar-refractivity contribution is 5.64. The summed E-state index contributed by atoms with van der Waals surface area (Å²) in [7, 11) is 0. The molecule has 2 rings (SSSR count). The molecule has 1 heterocycles. The minimum absolute atomic E-state index is 0.0604. The molecule has 0 aromatic heterocycles. The van der Waals surface area contributed by atoms with Crippen molar-refractivity contribution in [3.63, 3.8) is 0 Å². The van der Waals surface area contributed by atoms with Gasteiger partial charge in [0.1, 0.15) is 29.4 Å². The van der Waals surface area contributed by atoms with Crippen LogP contribution in [0.15, 0.2) is 58.9 Å². The molecule has 2 N–H and O–H groups in total. The summed E-state index contributed by atoms with van der Waals surface area (Å²) in [5, 5.41) is 27.4. The molecule has 0 radical (unpaired) electrons. The number of nitrogens with two attached hydrogens (primary N) is 1. The van der Waals surface area contributed by atoms with E-state index in [4.69, 9.17) is 21.0 Å². The molecule has 1 aromatic rings. The van der Waals surface area contributed by atoms with Gasteiger partial charge in [-0.3, -0.25) is 0 Å². The molecule has 0 saturated heterocycles. The van der Waals surface area contributed by atoms with Crippen molar-refractivity contribution in [3.05, 3.63) is 64.4 Å². The van der Waals surface area contributed by atoms with Crippen molar-refractivity contribution in [1.29, 1.82) is 15.8 Å². The Kier molecular flexibility index (Phi) is 8.02. The fourth-order valence-corrected chi connectivity index (χ4v) is 2.23. The predicted molar refractivity (Wildman–Crippen MR) is 105 cm³/mol. The SMILES string of the molecule is CC1(C)OC(=C(C#N)C#N)C(C#N)=C1C=Cc1ccccc1.CCC(C)N. The third-order valence-corrected chi connectivity index (χ3v) is 3.95. The maximum Gasteiger partial charge on any atom is 0.172 e. The molecular formula is C22H24N4O. The van der Waals surface area contributed by atoms with Crippen molar-refractivity contribution in [2.45, 2.75) is 45.8 Å². The summed E-state index contributed by atoms with van der Waals surface area (Å²) in [5.74, 6) is 0.0604. The van der Waals surface area contributed by atoms with Crippen LogP contribution in [0.3, 0.4) is 0 Å². The van der Waals surface area contributed by atoms with Gasteiger partial charge in [0, 0.05) is 11.6 Å². The normalized spacial score (nSPS) is 15.7. The van der Waals surface area contributed by atoms with Crippen LogP contribution in [0.4, 0.5) is 0 Å². The molecule has 1 atom stereocenters. The lowest BCUT2D eigenvalue weighted by Crippen LogP contribution is -2.20. The number of hydrogen-bond acceptors (Lipinski definition) is 5. The molecule has 5 nitrogen and oxygen atoms in total. The van der Waals surface area contributed by atoms with Gasteiger partial charge in [0.2, 0.25) is 0 Å². The molecule has 138 valence electrons. The molecule has 0 fully saturated rings. The first-order valence-corrected chi connectivity index (χ1v) is 8.68. The van der Waals surface area contributed by atoms with Crippen LogP contribution < -0.4 is 5.73 Å². The second-order valence-corrected chi connectivity index (χ2v) is 6.57. The average molecular weight is 360 g/mol. The molecule has 1 aromatic carbocycles. The van der Waals surface area contributed by atoms with Gasteiger partial charge in [0.15, 0.2) is 11.3 Å². The summed E-state index contributed by atoms with van der Waals surface area (Å²) in [5.41, 5.74) is 6.20. The van der Waals surface area contributed by atoms with Crippen molar-refractivity contribution >= 4 is 6.08 Å². The minimum atomic E-state index is -0.773. The van der Waals surface area contributed by atoms with Crippen LogP contribution in [0.5, 0.6) is 0 Å².